The van der Waals surface area contributed by atoms with Crippen molar-refractivity contribution in [2.24, 2.45) is 0 Å². The standard InChI is InChI=1S/C18H11B2O6/c1-20-14-13(19)17(23)16(22)12-9(7-26-18(12)14)15(21)8-2-3-10-11(6-8)25-5-4-24-10/h2-3,6-7H,4-5H2,1H3. The molecule has 1 aromatic carbocycles. The molecular formula is C18H11B2O6. The van der Waals surface area contributed by atoms with Crippen LogP contribution in [-0.2, 0) is 4.79 Å². The summed E-state index contributed by atoms with van der Waals surface area (Å²) < 4.78 is 16.3. The molecule has 0 saturated carbocycles. The molecule has 2 aliphatic rings. The molecule has 0 fully saturated rings. The number of Topliss-reactive ketones (excluding diaryl/α,β-unsaturated/α-hetero) is 2. The minimum absolute atomic E-state index is 0.0156. The van der Waals surface area contributed by atoms with Gasteiger partial charge in [-0.3, -0.25) is 14.4 Å². The second-order valence-corrected chi connectivity index (χ2v) is 5.82. The molecule has 2 heterocycles. The fraction of sp³-hybridized carbons (Fsp3) is 0.167. The summed E-state index contributed by atoms with van der Waals surface area (Å²) in [6.45, 7) is 2.49. The zero-order valence-corrected chi connectivity index (χ0v) is 13.8. The van der Waals surface area contributed by atoms with Crippen LogP contribution in [-0.4, -0.2) is 45.7 Å². The lowest BCUT2D eigenvalue weighted by molar-refractivity contribution is -0.111. The minimum Gasteiger partial charge on any atom is -0.486 e. The zero-order chi connectivity index (χ0) is 18.4. The van der Waals surface area contributed by atoms with Crippen LogP contribution in [0.3, 0.4) is 0 Å². The van der Waals surface area contributed by atoms with Gasteiger partial charge >= 0.3 is 0 Å². The Morgan fingerprint density at radius 2 is 1.85 bits per heavy atom. The molecule has 0 atom stereocenters. The number of ketones is 3. The van der Waals surface area contributed by atoms with Crippen molar-refractivity contribution in [1.29, 1.82) is 0 Å². The third-order valence-electron chi connectivity index (χ3n) is 4.34. The number of allylic oxidation sites excluding steroid dienone is 1. The number of fused-ring (bicyclic) bond motifs is 2. The maximum absolute atomic E-state index is 12.9. The van der Waals surface area contributed by atoms with E-state index >= 15 is 0 Å². The van der Waals surface area contributed by atoms with Crippen LogP contribution in [0.4, 0.5) is 0 Å². The normalized spacial score (nSPS) is 15.7. The van der Waals surface area contributed by atoms with Crippen LogP contribution in [0.25, 0.3) is 5.47 Å². The maximum atomic E-state index is 12.9. The van der Waals surface area contributed by atoms with Gasteiger partial charge in [-0.05, 0) is 29.1 Å². The summed E-state index contributed by atoms with van der Waals surface area (Å²) in [5.41, 5.74) is 0.380. The van der Waals surface area contributed by atoms with Crippen molar-refractivity contribution in [2.75, 3.05) is 13.2 Å². The maximum Gasteiger partial charge on any atom is 0.236 e. The van der Waals surface area contributed by atoms with Gasteiger partial charge in [-0.2, -0.15) is 0 Å². The highest BCUT2D eigenvalue weighted by molar-refractivity contribution is 6.72. The number of carbonyl (C=O) groups is 3. The smallest absolute Gasteiger partial charge is 0.236 e. The van der Waals surface area contributed by atoms with E-state index < -0.39 is 17.3 Å². The quantitative estimate of drug-likeness (QED) is 0.478. The van der Waals surface area contributed by atoms with Crippen LogP contribution < -0.4 is 9.47 Å². The molecule has 1 aliphatic carbocycles. The molecule has 1 aromatic heterocycles. The first-order chi connectivity index (χ1) is 12.5. The highest BCUT2D eigenvalue weighted by Gasteiger charge is 2.36. The summed E-state index contributed by atoms with van der Waals surface area (Å²) in [7, 11) is 7.28. The molecular weight excluding hydrogens is 334 g/mol. The predicted octanol–water partition coefficient (Wildman–Crippen LogP) is 1.64. The molecule has 4 rings (SSSR count). The Morgan fingerprint density at radius 3 is 2.58 bits per heavy atom. The van der Waals surface area contributed by atoms with Crippen molar-refractivity contribution in [2.45, 2.75) is 6.82 Å². The van der Waals surface area contributed by atoms with Crippen LogP contribution in [0, 0.1) is 0 Å². The first-order valence-corrected chi connectivity index (χ1v) is 7.97. The van der Waals surface area contributed by atoms with Gasteiger partial charge in [0.1, 0.15) is 33.1 Å². The molecule has 26 heavy (non-hydrogen) atoms. The second-order valence-electron chi connectivity index (χ2n) is 5.82. The first kappa shape index (κ1) is 16.4. The Balaban J connectivity index is 1.80. The minimum atomic E-state index is -0.849. The first-order valence-electron chi connectivity index (χ1n) is 7.97. The molecule has 8 heteroatoms. The zero-order valence-electron chi connectivity index (χ0n) is 13.8. The van der Waals surface area contributed by atoms with Gasteiger partial charge in [0.25, 0.3) is 0 Å². The fourth-order valence-corrected chi connectivity index (χ4v) is 3.06. The number of rotatable bonds is 3. The molecule has 0 unspecified atom stereocenters. The molecule has 2 aromatic rings. The molecule has 0 N–H and O–H groups in total. The molecule has 6 nitrogen and oxygen atoms in total. The highest BCUT2D eigenvalue weighted by atomic mass is 16.6. The van der Waals surface area contributed by atoms with Crippen LogP contribution in [0.15, 0.2) is 34.4 Å². The van der Waals surface area contributed by atoms with Gasteiger partial charge < -0.3 is 13.9 Å². The Hall–Kier alpha value is -3.02. The second kappa shape index (κ2) is 6.05. The SMILES string of the molecule is [B]C1=C([B]C)c2occ(C(=O)c3ccc4c(c3)OCCO4)c2C(=O)C1=O. The van der Waals surface area contributed by atoms with Gasteiger partial charge in [0.15, 0.2) is 24.6 Å². The van der Waals surface area contributed by atoms with E-state index in [0.29, 0.717) is 35.7 Å². The Kier molecular flexibility index (Phi) is 3.83. The van der Waals surface area contributed by atoms with E-state index in [1.54, 1.807) is 32.3 Å². The number of carbonyl (C=O) groups excluding carboxylic acids is 3. The molecule has 1 aliphatic heterocycles. The van der Waals surface area contributed by atoms with E-state index in [2.05, 4.69) is 0 Å². The lowest BCUT2D eigenvalue weighted by atomic mass is 9.61. The molecule has 3 radical (unpaired) electrons. The molecule has 0 amide bonds. The number of benzene rings is 1. The fourth-order valence-electron chi connectivity index (χ4n) is 3.06. The predicted molar refractivity (Wildman–Crippen MR) is 93.2 cm³/mol. The summed E-state index contributed by atoms with van der Waals surface area (Å²) in [6.07, 6.45) is 1.18. The highest BCUT2D eigenvalue weighted by Crippen LogP contribution is 2.35. The van der Waals surface area contributed by atoms with Gasteiger partial charge in [0, 0.05) is 5.56 Å². The van der Waals surface area contributed by atoms with E-state index in [4.69, 9.17) is 21.7 Å². The average Bonchev–Trinajstić information content (AvgIpc) is 3.10. The number of furan rings is 1. The largest absolute Gasteiger partial charge is 0.486 e. The third kappa shape index (κ3) is 2.33. The Labute approximate surface area is 150 Å². The third-order valence-corrected chi connectivity index (χ3v) is 4.34. The summed E-state index contributed by atoms with van der Waals surface area (Å²) in [6, 6.07) is 4.74. The van der Waals surface area contributed by atoms with E-state index in [0.717, 1.165) is 0 Å². The molecule has 125 valence electrons. The van der Waals surface area contributed by atoms with Crippen molar-refractivity contribution >= 4 is 37.9 Å². The monoisotopic (exact) mass is 345 g/mol. The van der Waals surface area contributed by atoms with Gasteiger partial charge in [0.2, 0.25) is 11.6 Å². The number of ether oxygens (including phenoxy) is 2. The van der Waals surface area contributed by atoms with Crippen molar-refractivity contribution in [1.82, 2.24) is 0 Å². The van der Waals surface area contributed by atoms with Gasteiger partial charge in [-0.25, -0.2) is 0 Å². The van der Waals surface area contributed by atoms with Gasteiger partial charge in [-0.1, -0.05) is 6.82 Å². The summed E-state index contributed by atoms with van der Waals surface area (Å²) in [5, 5.41) is 0. The number of hydrogen-bond acceptors (Lipinski definition) is 6. The van der Waals surface area contributed by atoms with Crippen LogP contribution in [0.1, 0.15) is 32.0 Å². The van der Waals surface area contributed by atoms with E-state index in [1.807, 2.05) is 0 Å². The summed E-state index contributed by atoms with van der Waals surface area (Å²) in [5.74, 6) is -1.01. The van der Waals surface area contributed by atoms with Crippen molar-refractivity contribution in [3.63, 3.8) is 0 Å². The topological polar surface area (TPSA) is 82.8 Å². The summed E-state index contributed by atoms with van der Waals surface area (Å²) >= 11 is 0. The van der Waals surface area contributed by atoms with Gasteiger partial charge in [0.05, 0.1) is 11.1 Å². The lowest BCUT2D eigenvalue weighted by Crippen LogP contribution is -2.26. The number of hydrogen-bond donors (Lipinski definition) is 0. The van der Waals surface area contributed by atoms with Crippen LogP contribution in [0.5, 0.6) is 11.5 Å². The van der Waals surface area contributed by atoms with Crippen molar-refractivity contribution < 1.29 is 28.3 Å². The van der Waals surface area contributed by atoms with Crippen LogP contribution >= 0.6 is 0 Å². The molecule has 0 saturated heterocycles. The Morgan fingerprint density at radius 1 is 1.12 bits per heavy atom. The Bertz CT molecular complexity index is 1000. The van der Waals surface area contributed by atoms with E-state index in [9.17, 15) is 14.4 Å². The molecule has 0 spiro atoms. The van der Waals surface area contributed by atoms with E-state index in [-0.39, 0.29) is 22.4 Å². The average molecular weight is 345 g/mol. The molecule has 0 bridgehead atoms. The van der Waals surface area contributed by atoms with E-state index in [1.165, 1.54) is 6.26 Å². The van der Waals surface area contributed by atoms with Crippen LogP contribution in [0.2, 0.25) is 6.82 Å². The van der Waals surface area contributed by atoms with Crippen molar-refractivity contribution in [3.05, 3.63) is 52.4 Å². The lowest BCUT2D eigenvalue weighted by Gasteiger charge is -2.18. The van der Waals surface area contributed by atoms with Crippen molar-refractivity contribution in [3.8, 4) is 11.5 Å². The van der Waals surface area contributed by atoms with Gasteiger partial charge in [-0.15, -0.1) is 0 Å². The summed E-state index contributed by atoms with van der Waals surface area (Å²) in [4.78, 5) is 37.4.